The van der Waals surface area contributed by atoms with Gasteiger partial charge in [-0.1, -0.05) is 25.1 Å². The molecule has 0 saturated carbocycles. The van der Waals surface area contributed by atoms with Crippen molar-refractivity contribution in [3.8, 4) is 0 Å². The molecule has 2 atom stereocenters. The van der Waals surface area contributed by atoms with Gasteiger partial charge in [-0.15, -0.1) is 0 Å². The number of benzene rings is 1. The Morgan fingerprint density at radius 2 is 1.87 bits per heavy atom. The number of aromatic nitrogens is 4. The molecule has 1 fully saturated rings. The summed E-state index contributed by atoms with van der Waals surface area (Å²) in [5.74, 6) is 0.490. The number of nitrogens with zero attached hydrogens (tertiary/aromatic N) is 5. The molecule has 3 aromatic heterocycles. The lowest BCUT2D eigenvalue weighted by Gasteiger charge is -2.35. The Morgan fingerprint density at radius 3 is 2.55 bits per heavy atom. The van der Waals surface area contributed by atoms with Gasteiger partial charge in [0.1, 0.15) is 17.5 Å². The second-order valence-electron chi connectivity index (χ2n) is 9.37. The number of halogens is 1. The summed E-state index contributed by atoms with van der Waals surface area (Å²) >= 11 is 0. The average Bonchev–Trinajstić information content (AvgIpc) is 3.51. The zero-order valence-corrected chi connectivity index (χ0v) is 22.9. The van der Waals surface area contributed by atoms with Crippen LogP contribution in [0.1, 0.15) is 32.1 Å². The largest absolute Gasteiger partial charge is 0.321 e. The van der Waals surface area contributed by atoms with E-state index in [1.54, 1.807) is 31.2 Å². The number of alkyl halides is 1. The molecular formula is C25H31FN6O4S2. The number of nitrogens with one attached hydrogen (secondary N) is 1. The first kappa shape index (κ1) is 26.7. The van der Waals surface area contributed by atoms with E-state index in [9.17, 15) is 16.8 Å². The van der Waals surface area contributed by atoms with E-state index in [4.69, 9.17) is 4.98 Å². The van der Waals surface area contributed by atoms with Gasteiger partial charge in [0.05, 0.1) is 28.4 Å². The number of hydrogen-bond donors (Lipinski definition) is 1. The van der Waals surface area contributed by atoms with E-state index < -0.39 is 32.3 Å². The number of hydrogen-bond acceptors (Lipinski definition) is 7. The SMILES string of the molecule is CCN1CC[C@@H](n2c(CCNS(=O)(=O)CC)nc3cnc4c(ccn4S(=O)(=O)c4ccccc4)c32)[C@@H](F)C1. The molecule has 0 amide bonds. The maximum absolute atomic E-state index is 15.6. The van der Waals surface area contributed by atoms with E-state index in [-0.39, 0.29) is 35.8 Å². The molecule has 4 aromatic rings. The molecule has 4 heterocycles. The standard InChI is InChI=1S/C25H31FN6O4S2/c1-3-30-14-12-22(20(26)17-30)32-23(10-13-28-37(33,34)4-2)29-21-16-27-25-19(24(21)32)11-15-31(25)38(35,36)18-8-6-5-7-9-18/h5-9,11,15-16,20,22,28H,3-4,10,12-14,17H2,1-2H3/t20-,22+/m0/s1. The minimum absolute atomic E-state index is 0.0423. The van der Waals surface area contributed by atoms with Gasteiger partial charge in [-0.25, -0.2) is 39.9 Å². The maximum Gasteiger partial charge on any atom is 0.269 e. The van der Waals surface area contributed by atoms with Gasteiger partial charge < -0.3 is 9.47 Å². The van der Waals surface area contributed by atoms with Crippen molar-refractivity contribution < 1.29 is 21.2 Å². The van der Waals surface area contributed by atoms with Crippen LogP contribution < -0.4 is 4.72 Å². The lowest BCUT2D eigenvalue weighted by atomic mass is 10.0. The summed E-state index contributed by atoms with van der Waals surface area (Å²) in [5.41, 5.74) is 1.33. The summed E-state index contributed by atoms with van der Waals surface area (Å²) in [4.78, 5) is 11.3. The van der Waals surface area contributed by atoms with Crippen LogP contribution in [0.4, 0.5) is 4.39 Å². The zero-order chi connectivity index (χ0) is 27.1. The van der Waals surface area contributed by atoms with Crippen LogP contribution in [-0.2, 0) is 26.5 Å². The normalized spacial score (nSPS) is 19.4. The van der Waals surface area contributed by atoms with Gasteiger partial charge in [0, 0.05) is 37.6 Å². The molecule has 0 radical (unpaired) electrons. The van der Waals surface area contributed by atoms with E-state index >= 15 is 4.39 Å². The Hall–Kier alpha value is -2.87. The highest BCUT2D eigenvalue weighted by Gasteiger charge is 2.33. The van der Waals surface area contributed by atoms with Crippen molar-refractivity contribution >= 4 is 42.1 Å². The molecule has 10 nitrogen and oxygen atoms in total. The fourth-order valence-corrected chi connectivity index (χ4v) is 7.02. The van der Waals surface area contributed by atoms with Crippen molar-refractivity contribution in [1.82, 2.24) is 28.1 Å². The van der Waals surface area contributed by atoms with Crippen molar-refractivity contribution in [2.45, 2.75) is 43.8 Å². The third-order valence-corrected chi connectivity index (χ3v) is 10.2. The molecule has 0 aliphatic carbocycles. The highest BCUT2D eigenvalue weighted by atomic mass is 32.2. The Balaban J connectivity index is 1.65. The van der Waals surface area contributed by atoms with E-state index in [2.05, 4.69) is 14.6 Å². The first-order valence-corrected chi connectivity index (χ1v) is 15.8. The topological polar surface area (TPSA) is 119 Å². The number of likely N-dealkylation sites (tertiary alicyclic amines) is 1. The second-order valence-corrected chi connectivity index (χ2v) is 13.3. The van der Waals surface area contributed by atoms with E-state index in [0.717, 1.165) is 10.5 Å². The minimum Gasteiger partial charge on any atom is -0.321 e. The molecule has 38 heavy (non-hydrogen) atoms. The lowest BCUT2D eigenvalue weighted by molar-refractivity contribution is 0.0939. The van der Waals surface area contributed by atoms with Crippen LogP contribution in [0.5, 0.6) is 0 Å². The van der Waals surface area contributed by atoms with Gasteiger partial charge in [0.2, 0.25) is 10.0 Å². The summed E-state index contributed by atoms with van der Waals surface area (Å²) in [6.45, 7) is 5.41. The van der Waals surface area contributed by atoms with Gasteiger partial charge in [0.25, 0.3) is 10.0 Å². The third-order valence-electron chi connectivity index (χ3n) is 7.12. The highest BCUT2D eigenvalue weighted by Crippen LogP contribution is 2.35. The predicted molar refractivity (Wildman–Crippen MR) is 144 cm³/mol. The fraction of sp³-hybridized carbons (Fsp3) is 0.440. The van der Waals surface area contributed by atoms with Gasteiger partial charge in [-0.2, -0.15) is 0 Å². The van der Waals surface area contributed by atoms with E-state index in [0.29, 0.717) is 35.2 Å². The van der Waals surface area contributed by atoms with Crippen LogP contribution in [-0.4, -0.2) is 78.3 Å². The molecule has 1 N–H and O–H groups in total. The predicted octanol–water partition coefficient (Wildman–Crippen LogP) is 2.71. The number of imidazole rings is 1. The summed E-state index contributed by atoms with van der Waals surface area (Å²) in [7, 11) is -7.31. The first-order valence-electron chi connectivity index (χ1n) is 12.7. The average molecular weight is 563 g/mol. The van der Waals surface area contributed by atoms with E-state index in [1.807, 2.05) is 11.5 Å². The van der Waals surface area contributed by atoms with Crippen LogP contribution in [0.3, 0.4) is 0 Å². The highest BCUT2D eigenvalue weighted by molar-refractivity contribution is 7.90. The summed E-state index contributed by atoms with van der Waals surface area (Å²) in [6.07, 6.45) is 2.57. The van der Waals surface area contributed by atoms with Crippen molar-refractivity contribution in [2.75, 3.05) is 31.9 Å². The minimum atomic E-state index is -3.91. The number of pyridine rings is 1. The number of fused-ring (bicyclic) bond motifs is 3. The Bertz CT molecular complexity index is 1670. The molecule has 1 aromatic carbocycles. The Kier molecular flexibility index (Phi) is 7.29. The molecule has 1 saturated heterocycles. The van der Waals surface area contributed by atoms with Crippen LogP contribution in [0.2, 0.25) is 0 Å². The maximum atomic E-state index is 15.6. The number of rotatable bonds is 9. The zero-order valence-electron chi connectivity index (χ0n) is 21.3. The molecular weight excluding hydrogens is 531 g/mol. The summed E-state index contributed by atoms with van der Waals surface area (Å²) in [5, 5.41) is 0.542. The van der Waals surface area contributed by atoms with Crippen LogP contribution >= 0.6 is 0 Å². The van der Waals surface area contributed by atoms with Crippen molar-refractivity contribution in [3.05, 3.63) is 54.6 Å². The number of sulfonamides is 1. The second kappa shape index (κ2) is 10.4. The van der Waals surface area contributed by atoms with Crippen molar-refractivity contribution in [2.24, 2.45) is 0 Å². The fourth-order valence-electron chi connectivity index (χ4n) is 5.08. The van der Waals surface area contributed by atoms with Gasteiger partial charge in [-0.3, -0.25) is 0 Å². The van der Waals surface area contributed by atoms with Gasteiger partial charge >= 0.3 is 0 Å². The Labute approximate surface area is 221 Å². The molecule has 1 aliphatic rings. The molecule has 1 aliphatic heterocycles. The van der Waals surface area contributed by atoms with Crippen LogP contribution in [0.15, 0.2) is 53.7 Å². The third kappa shape index (κ3) is 4.83. The molecule has 0 unspecified atom stereocenters. The Morgan fingerprint density at radius 1 is 1.11 bits per heavy atom. The molecule has 0 spiro atoms. The molecule has 0 bridgehead atoms. The van der Waals surface area contributed by atoms with Crippen molar-refractivity contribution in [1.29, 1.82) is 0 Å². The number of piperidine rings is 1. The quantitative estimate of drug-likeness (QED) is 0.333. The monoisotopic (exact) mass is 562 g/mol. The first-order chi connectivity index (χ1) is 18.2. The van der Waals surface area contributed by atoms with Gasteiger partial charge in [0.15, 0.2) is 5.65 Å². The van der Waals surface area contributed by atoms with Crippen molar-refractivity contribution in [3.63, 3.8) is 0 Å². The summed E-state index contributed by atoms with van der Waals surface area (Å²) < 4.78 is 71.9. The summed E-state index contributed by atoms with van der Waals surface area (Å²) in [6, 6.07) is 9.24. The van der Waals surface area contributed by atoms with E-state index in [1.165, 1.54) is 24.5 Å². The van der Waals surface area contributed by atoms with Gasteiger partial charge in [-0.05, 0) is 38.1 Å². The molecule has 5 rings (SSSR count). The lowest BCUT2D eigenvalue weighted by Crippen LogP contribution is -2.43. The van der Waals surface area contributed by atoms with Crippen LogP contribution in [0.25, 0.3) is 22.1 Å². The smallest absolute Gasteiger partial charge is 0.269 e. The molecule has 13 heteroatoms. The molecule has 204 valence electrons. The van der Waals surface area contributed by atoms with Crippen LogP contribution in [0, 0.1) is 0 Å².